The van der Waals surface area contributed by atoms with Crippen molar-refractivity contribution in [3.63, 3.8) is 0 Å². The smallest absolute Gasteiger partial charge is 0.308 e. The number of thioether (sulfide) groups is 1. The number of ether oxygens (including phenoxy) is 2. The largest absolute Gasteiger partial charge is 0.497 e. The van der Waals surface area contributed by atoms with Gasteiger partial charge in [0.05, 0.1) is 19.3 Å². The summed E-state index contributed by atoms with van der Waals surface area (Å²) in [7, 11) is 1.67. The van der Waals surface area contributed by atoms with Gasteiger partial charge in [-0.15, -0.1) is 11.8 Å². The Labute approximate surface area is 192 Å². The second-order valence-electron chi connectivity index (χ2n) is 7.51. The van der Waals surface area contributed by atoms with E-state index in [1.54, 1.807) is 18.9 Å². The van der Waals surface area contributed by atoms with E-state index in [4.69, 9.17) is 14.6 Å². The van der Waals surface area contributed by atoms with Crippen LogP contribution < -0.4 is 9.47 Å². The molecule has 32 heavy (non-hydrogen) atoms. The van der Waals surface area contributed by atoms with E-state index in [-0.39, 0.29) is 5.97 Å². The molecule has 4 aromatic rings. The number of carbonyl (C=O) groups excluding carboxylic acids is 1. The standard InChI is InChI=1S/C26H26N2O3S/c1-4-21-14-22(28(27-21)16-19-9-11-23(30-3)12-10-19)17-32-24-13-20-7-5-6-8-25(20)26(15-24)31-18(2)29/h5-15H,4,16-17H2,1-3H3. The van der Waals surface area contributed by atoms with Crippen LogP contribution >= 0.6 is 11.8 Å². The highest BCUT2D eigenvalue weighted by Crippen LogP contribution is 2.34. The highest BCUT2D eigenvalue weighted by atomic mass is 32.2. The number of aryl methyl sites for hydroxylation is 1. The summed E-state index contributed by atoms with van der Waals surface area (Å²) in [6.45, 7) is 4.25. The number of benzene rings is 3. The minimum absolute atomic E-state index is 0.317. The van der Waals surface area contributed by atoms with Crippen molar-refractivity contribution in [1.29, 1.82) is 0 Å². The zero-order chi connectivity index (χ0) is 22.5. The van der Waals surface area contributed by atoms with Crippen LogP contribution in [0.25, 0.3) is 10.8 Å². The molecule has 0 aliphatic rings. The molecule has 0 aliphatic carbocycles. The minimum Gasteiger partial charge on any atom is -0.497 e. The first-order valence-electron chi connectivity index (χ1n) is 10.6. The molecule has 0 saturated carbocycles. The van der Waals surface area contributed by atoms with Gasteiger partial charge in [-0.05, 0) is 47.7 Å². The maximum atomic E-state index is 11.6. The highest BCUT2D eigenvalue weighted by Gasteiger charge is 2.12. The first kappa shape index (κ1) is 22.0. The van der Waals surface area contributed by atoms with Gasteiger partial charge in [0.2, 0.25) is 0 Å². The Hall–Kier alpha value is -3.25. The van der Waals surface area contributed by atoms with Crippen LogP contribution in [-0.4, -0.2) is 22.9 Å². The number of rotatable bonds is 8. The van der Waals surface area contributed by atoms with Gasteiger partial charge in [0.15, 0.2) is 0 Å². The first-order valence-corrected chi connectivity index (χ1v) is 11.6. The summed E-state index contributed by atoms with van der Waals surface area (Å²) in [4.78, 5) is 12.6. The van der Waals surface area contributed by atoms with E-state index in [0.717, 1.165) is 45.0 Å². The molecule has 0 saturated heterocycles. The summed E-state index contributed by atoms with van der Waals surface area (Å²) in [6.07, 6.45) is 0.889. The van der Waals surface area contributed by atoms with E-state index in [1.165, 1.54) is 12.5 Å². The van der Waals surface area contributed by atoms with Gasteiger partial charge in [-0.3, -0.25) is 9.48 Å². The van der Waals surface area contributed by atoms with Gasteiger partial charge in [0.25, 0.3) is 0 Å². The van der Waals surface area contributed by atoms with Gasteiger partial charge in [-0.1, -0.05) is 43.3 Å². The number of aromatic nitrogens is 2. The molecule has 164 valence electrons. The van der Waals surface area contributed by atoms with Crippen molar-refractivity contribution in [2.75, 3.05) is 7.11 Å². The Morgan fingerprint density at radius 2 is 1.84 bits per heavy atom. The van der Waals surface area contributed by atoms with Gasteiger partial charge in [-0.2, -0.15) is 5.10 Å². The molecular weight excluding hydrogens is 420 g/mol. The lowest BCUT2D eigenvalue weighted by molar-refractivity contribution is -0.131. The zero-order valence-electron chi connectivity index (χ0n) is 18.5. The molecule has 4 rings (SSSR count). The van der Waals surface area contributed by atoms with Crippen molar-refractivity contribution in [2.24, 2.45) is 0 Å². The molecule has 3 aromatic carbocycles. The highest BCUT2D eigenvalue weighted by molar-refractivity contribution is 7.98. The van der Waals surface area contributed by atoms with Gasteiger partial charge < -0.3 is 9.47 Å². The van der Waals surface area contributed by atoms with Gasteiger partial charge in [-0.25, -0.2) is 0 Å². The molecule has 0 fully saturated rings. The minimum atomic E-state index is -0.317. The SMILES string of the molecule is CCc1cc(CSc2cc(OC(C)=O)c3ccccc3c2)n(Cc2ccc(OC)cc2)n1. The lowest BCUT2D eigenvalue weighted by Gasteiger charge is -2.11. The van der Waals surface area contributed by atoms with Crippen molar-refractivity contribution in [2.45, 2.75) is 37.5 Å². The van der Waals surface area contributed by atoms with Crippen molar-refractivity contribution < 1.29 is 14.3 Å². The number of methoxy groups -OCH3 is 1. The van der Waals surface area contributed by atoms with E-state index in [1.807, 2.05) is 42.5 Å². The van der Waals surface area contributed by atoms with Crippen LogP contribution in [0.1, 0.15) is 30.8 Å². The summed E-state index contributed by atoms with van der Waals surface area (Å²) in [5.74, 6) is 1.89. The van der Waals surface area contributed by atoms with Crippen LogP contribution in [0.4, 0.5) is 0 Å². The lowest BCUT2D eigenvalue weighted by Crippen LogP contribution is -2.06. The molecule has 0 N–H and O–H groups in total. The normalized spacial score (nSPS) is 11.0. The Balaban J connectivity index is 1.57. The lowest BCUT2D eigenvalue weighted by atomic mass is 10.1. The predicted octanol–water partition coefficient (Wildman–Crippen LogP) is 5.87. The van der Waals surface area contributed by atoms with E-state index in [2.05, 4.69) is 35.9 Å². The van der Waals surface area contributed by atoms with Crippen molar-refractivity contribution in [3.8, 4) is 11.5 Å². The van der Waals surface area contributed by atoms with Crippen molar-refractivity contribution in [3.05, 3.63) is 83.7 Å². The van der Waals surface area contributed by atoms with Crippen LogP contribution in [0, 0.1) is 0 Å². The molecule has 0 atom stereocenters. The Morgan fingerprint density at radius 1 is 1.06 bits per heavy atom. The van der Waals surface area contributed by atoms with Crippen molar-refractivity contribution in [1.82, 2.24) is 9.78 Å². The Morgan fingerprint density at radius 3 is 2.56 bits per heavy atom. The second kappa shape index (κ2) is 9.92. The predicted molar refractivity (Wildman–Crippen MR) is 129 cm³/mol. The van der Waals surface area contributed by atoms with Crippen molar-refractivity contribution >= 4 is 28.5 Å². The zero-order valence-corrected chi connectivity index (χ0v) is 19.3. The fraction of sp³-hybridized carbons (Fsp3) is 0.231. The van der Waals surface area contributed by atoms with Crippen LogP contribution in [0.2, 0.25) is 0 Å². The molecular formula is C26H26N2O3S. The van der Waals surface area contributed by atoms with Gasteiger partial charge in [0.1, 0.15) is 11.5 Å². The maximum Gasteiger partial charge on any atom is 0.308 e. The maximum absolute atomic E-state index is 11.6. The number of hydrogen-bond donors (Lipinski definition) is 0. The molecule has 0 aliphatic heterocycles. The summed E-state index contributed by atoms with van der Waals surface area (Å²) in [5, 5.41) is 6.77. The van der Waals surface area contributed by atoms with E-state index in [0.29, 0.717) is 12.3 Å². The molecule has 1 aromatic heterocycles. The average Bonchev–Trinajstić information content (AvgIpc) is 3.19. The van der Waals surface area contributed by atoms with E-state index in [9.17, 15) is 4.79 Å². The number of fused-ring (bicyclic) bond motifs is 1. The molecule has 0 spiro atoms. The van der Waals surface area contributed by atoms with Crippen LogP contribution in [0.3, 0.4) is 0 Å². The van der Waals surface area contributed by atoms with Crippen LogP contribution in [-0.2, 0) is 23.5 Å². The molecule has 1 heterocycles. The quantitative estimate of drug-likeness (QED) is 0.192. The second-order valence-corrected chi connectivity index (χ2v) is 8.56. The third-order valence-corrected chi connectivity index (χ3v) is 6.21. The average molecular weight is 447 g/mol. The Bertz CT molecular complexity index is 1230. The topological polar surface area (TPSA) is 53.4 Å². The fourth-order valence-electron chi connectivity index (χ4n) is 3.57. The fourth-order valence-corrected chi connectivity index (χ4v) is 4.52. The molecule has 5 nitrogen and oxygen atoms in total. The molecule has 0 amide bonds. The summed E-state index contributed by atoms with van der Waals surface area (Å²) < 4.78 is 12.8. The Kier molecular flexibility index (Phi) is 6.81. The third-order valence-electron chi connectivity index (χ3n) is 5.21. The summed E-state index contributed by atoms with van der Waals surface area (Å²) >= 11 is 1.71. The van der Waals surface area contributed by atoms with Crippen LogP contribution in [0.5, 0.6) is 11.5 Å². The number of carbonyl (C=O) groups is 1. The number of esters is 1. The molecule has 0 unspecified atom stereocenters. The molecule has 6 heteroatoms. The van der Waals surface area contributed by atoms with E-state index >= 15 is 0 Å². The van der Waals surface area contributed by atoms with E-state index < -0.39 is 0 Å². The van der Waals surface area contributed by atoms with Gasteiger partial charge in [0, 0.05) is 28.7 Å². The summed E-state index contributed by atoms with van der Waals surface area (Å²) in [5.41, 5.74) is 3.41. The molecule has 0 bridgehead atoms. The van der Waals surface area contributed by atoms with Crippen LogP contribution in [0.15, 0.2) is 71.6 Å². The third kappa shape index (κ3) is 5.14. The van der Waals surface area contributed by atoms with Gasteiger partial charge >= 0.3 is 5.97 Å². The molecule has 0 radical (unpaired) electrons. The summed E-state index contributed by atoms with van der Waals surface area (Å²) in [6, 6.07) is 22.3. The number of hydrogen-bond acceptors (Lipinski definition) is 5. The monoisotopic (exact) mass is 446 g/mol. The first-order chi connectivity index (χ1) is 15.6. The number of nitrogens with zero attached hydrogens (tertiary/aromatic N) is 2.